The number of hydrogen-bond donors (Lipinski definition) is 0. The van der Waals surface area contributed by atoms with E-state index < -0.39 is 0 Å². The summed E-state index contributed by atoms with van der Waals surface area (Å²) >= 11 is 0. The van der Waals surface area contributed by atoms with Crippen LogP contribution in [0.15, 0.2) is 48.7 Å². The first-order chi connectivity index (χ1) is 7.79. The van der Waals surface area contributed by atoms with Crippen molar-refractivity contribution in [3.63, 3.8) is 0 Å². The highest BCUT2D eigenvalue weighted by Gasteiger charge is 1.98. The van der Waals surface area contributed by atoms with Crippen LogP contribution in [0, 0.1) is 0 Å². The largest absolute Gasteiger partial charge is 0.488 e. The van der Waals surface area contributed by atoms with Crippen molar-refractivity contribution in [3.8, 4) is 5.75 Å². The summed E-state index contributed by atoms with van der Waals surface area (Å²) in [7, 11) is 0. The first-order valence-corrected chi connectivity index (χ1v) is 5.44. The van der Waals surface area contributed by atoms with Gasteiger partial charge in [0.2, 0.25) is 0 Å². The van der Waals surface area contributed by atoms with Crippen LogP contribution in [0.2, 0.25) is 0 Å². The molecule has 0 radical (unpaired) electrons. The molecule has 0 atom stereocenters. The fourth-order valence-corrected chi connectivity index (χ4v) is 1.42. The van der Waals surface area contributed by atoms with E-state index in [-0.39, 0.29) is 0 Å². The van der Waals surface area contributed by atoms with Crippen molar-refractivity contribution in [1.29, 1.82) is 0 Å². The molecule has 82 valence electrons. The van der Waals surface area contributed by atoms with E-state index in [1.165, 1.54) is 0 Å². The molecule has 0 saturated carbocycles. The second-order valence-electron chi connectivity index (χ2n) is 3.76. The van der Waals surface area contributed by atoms with Crippen LogP contribution in [0.3, 0.4) is 0 Å². The lowest BCUT2D eigenvalue weighted by molar-refractivity contribution is 0.348. The SMILES string of the molecule is C=C(CC)COc1cnc2ccccc2c1. The molecular weight excluding hydrogens is 198 g/mol. The van der Waals surface area contributed by atoms with Crippen LogP contribution < -0.4 is 4.74 Å². The molecule has 0 aliphatic heterocycles. The number of nitrogens with zero attached hydrogens (tertiary/aromatic N) is 1. The minimum Gasteiger partial charge on any atom is -0.488 e. The van der Waals surface area contributed by atoms with Crippen LogP contribution in [0.1, 0.15) is 13.3 Å². The zero-order valence-corrected chi connectivity index (χ0v) is 9.44. The maximum Gasteiger partial charge on any atom is 0.138 e. The van der Waals surface area contributed by atoms with Gasteiger partial charge in [0.1, 0.15) is 12.4 Å². The number of hydrogen-bond acceptors (Lipinski definition) is 2. The Balaban J connectivity index is 2.16. The van der Waals surface area contributed by atoms with Crippen molar-refractivity contribution in [2.45, 2.75) is 13.3 Å². The highest BCUT2D eigenvalue weighted by atomic mass is 16.5. The zero-order chi connectivity index (χ0) is 11.4. The third-order valence-corrected chi connectivity index (χ3v) is 2.51. The van der Waals surface area contributed by atoms with Gasteiger partial charge in [0.15, 0.2) is 0 Å². The van der Waals surface area contributed by atoms with Crippen molar-refractivity contribution in [3.05, 3.63) is 48.7 Å². The second kappa shape index (κ2) is 4.79. The topological polar surface area (TPSA) is 22.1 Å². The van der Waals surface area contributed by atoms with Crippen molar-refractivity contribution in [2.75, 3.05) is 6.61 Å². The first kappa shape index (κ1) is 10.7. The van der Waals surface area contributed by atoms with Gasteiger partial charge in [0, 0.05) is 5.39 Å². The molecule has 0 spiro atoms. The van der Waals surface area contributed by atoms with Crippen LogP contribution in [-0.2, 0) is 0 Å². The molecule has 1 aromatic carbocycles. The Morgan fingerprint density at radius 3 is 3.00 bits per heavy atom. The van der Waals surface area contributed by atoms with Gasteiger partial charge < -0.3 is 4.74 Å². The molecule has 0 aliphatic rings. The highest BCUT2D eigenvalue weighted by molar-refractivity contribution is 5.79. The lowest BCUT2D eigenvalue weighted by atomic mass is 10.2. The Morgan fingerprint density at radius 2 is 2.19 bits per heavy atom. The smallest absolute Gasteiger partial charge is 0.138 e. The number of benzene rings is 1. The Morgan fingerprint density at radius 1 is 1.38 bits per heavy atom. The normalized spacial score (nSPS) is 10.3. The summed E-state index contributed by atoms with van der Waals surface area (Å²) in [5.41, 5.74) is 2.08. The fraction of sp³-hybridized carbons (Fsp3) is 0.214. The van der Waals surface area contributed by atoms with Gasteiger partial charge in [0.05, 0.1) is 11.7 Å². The first-order valence-electron chi connectivity index (χ1n) is 5.44. The van der Waals surface area contributed by atoms with Crippen LogP contribution in [0.4, 0.5) is 0 Å². The van der Waals surface area contributed by atoms with E-state index in [9.17, 15) is 0 Å². The number of fused-ring (bicyclic) bond motifs is 1. The van der Waals surface area contributed by atoms with Gasteiger partial charge in [-0.1, -0.05) is 31.7 Å². The molecule has 1 aromatic heterocycles. The van der Waals surface area contributed by atoms with E-state index >= 15 is 0 Å². The lowest BCUT2D eigenvalue weighted by Crippen LogP contribution is -1.99. The number of aromatic nitrogens is 1. The molecular formula is C14H15NO. The molecule has 0 bridgehead atoms. The molecule has 2 heteroatoms. The van der Waals surface area contributed by atoms with E-state index in [0.29, 0.717) is 6.61 Å². The summed E-state index contributed by atoms with van der Waals surface area (Å²) in [6.45, 7) is 6.54. The van der Waals surface area contributed by atoms with Gasteiger partial charge in [-0.05, 0) is 24.1 Å². The number of ether oxygens (including phenoxy) is 1. The molecule has 0 saturated heterocycles. The van der Waals surface area contributed by atoms with Gasteiger partial charge in [0.25, 0.3) is 0 Å². The van der Waals surface area contributed by atoms with Crippen molar-refractivity contribution >= 4 is 10.9 Å². The molecule has 0 aliphatic carbocycles. The number of para-hydroxylation sites is 1. The molecule has 0 amide bonds. The predicted octanol–water partition coefficient (Wildman–Crippen LogP) is 3.58. The average Bonchev–Trinajstić information content (AvgIpc) is 2.35. The van der Waals surface area contributed by atoms with Gasteiger partial charge >= 0.3 is 0 Å². The van der Waals surface area contributed by atoms with Gasteiger partial charge in [-0.15, -0.1) is 0 Å². The molecule has 2 nitrogen and oxygen atoms in total. The molecule has 1 heterocycles. The summed E-state index contributed by atoms with van der Waals surface area (Å²) in [6, 6.07) is 10.0. The Kier molecular flexibility index (Phi) is 3.20. The van der Waals surface area contributed by atoms with E-state index in [2.05, 4.69) is 18.5 Å². The summed E-state index contributed by atoms with van der Waals surface area (Å²) < 4.78 is 5.60. The van der Waals surface area contributed by atoms with Crippen LogP contribution in [0.25, 0.3) is 10.9 Å². The average molecular weight is 213 g/mol. The van der Waals surface area contributed by atoms with E-state index in [1.807, 2.05) is 30.3 Å². The highest BCUT2D eigenvalue weighted by Crippen LogP contribution is 2.18. The van der Waals surface area contributed by atoms with E-state index in [0.717, 1.165) is 28.6 Å². The molecule has 0 fully saturated rings. The van der Waals surface area contributed by atoms with Crippen LogP contribution in [0.5, 0.6) is 5.75 Å². The Bertz CT molecular complexity index is 505. The number of pyridine rings is 1. The Labute approximate surface area is 95.6 Å². The summed E-state index contributed by atoms with van der Waals surface area (Å²) in [5, 5.41) is 1.10. The van der Waals surface area contributed by atoms with Crippen molar-refractivity contribution < 1.29 is 4.74 Å². The maximum atomic E-state index is 5.60. The standard InChI is InChI=1S/C14H15NO/c1-3-11(2)10-16-13-8-12-6-4-5-7-14(12)15-9-13/h4-9H,2-3,10H2,1H3. The van der Waals surface area contributed by atoms with Gasteiger partial charge in [-0.2, -0.15) is 0 Å². The Hall–Kier alpha value is -1.83. The minimum absolute atomic E-state index is 0.566. The molecule has 0 unspecified atom stereocenters. The monoisotopic (exact) mass is 213 g/mol. The molecule has 2 aromatic rings. The maximum absolute atomic E-state index is 5.60. The minimum atomic E-state index is 0.566. The van der Waals surface area contributed by atoms with Crippen LogP contribution >= 0.6 is 0 Å². The lowest BCUT2D eigenvalue weighted by Gasteiger charge is -2.07. The number of rotatable bonds is 4. The van der Waals surface area contributed by atoms with Gasteiger partial charge in [-0.25, -0.2) is 0 Å². The zero-order valence-electron chi connectivity index (χ0n) is 9.44. The second-order valence-corrected chi connectivity index (χ2v) is 3.76. The van der Waals surface area contributed by atoms with Crippen molar-refractivity contribution in [2.24, 2.45) is 0 Å². The molecule has 2 rings (SSSR count). The third-order valence-electron chi connectivity index (χ3n) is 2.51. The molecule has 0 N–H and O–H groups in total. The summed E-state index contributed by atoms with van der Waals surface area (Å²) in [5.74, 6) is 0.799. The summed E-state index contributed by atoms with van der Waals surface area (Å²) in [4.78, 5) is 4.33. The van der Waals surface area contributed by atoms with Gasteiger partial charge in [-0.3, -0.25) is 4.98 Å². The molecule has 16 heavy (non-hydrogen) atoms. The quantitative estimate of drug-likeness (QED) is 0.724. The van der Waals surface area contributed by atoms with Crippen LogP contribution in [-0.4, -0.2) is 11.6 Å². The van der Waals surface area contributed by atoms with E-state index in [4.69, 9.17) is 4.74 Å². The summed E-state index contributed by atoms with van der Waals surface area (Å²) in [6.07, 6.45) is 2.70. The van der Waals surface area contributed by atoms with E-state index in [1.54, 1.807) is 6.20 Å². The third kappa shape index (κ3) is 2.40. The van der Waals surface area contributed by atoms with Crippen molar-refractivity contribution in [1.82, 2.24) is 4.98 Å². The fourth-order valence-electron chi connectivity index (χ4n) is 1.42. The predicted molar refractivity (Wildman–Crippen MR) is 66.7 cm³/mol.